The molecule has 0 saturated carbocycles. The molecule has 0 aliphatic heterocycles. The summed E-state index contributed by atoms with van der Waals surface area (Å²) in [7, 11) is 1.72. The summed E-state index contributed by atoms with van der Waals surface area (Å²) in [4.78, 5) is 0. The fourth-order valence-corrected chi connectivity index (χ4v) is 2.54. The van der Waals surface area contributed by atoms with E-state index in [2.05, 4.69) is 69.4 Å². The van der Waals surface area contributed by atoms with E-state index in [0.717, 1.165) is 22.6 Å². The SMILES string of the molecule is COc1c(C)cc(N[C@@H](C)c2ccc(C)cc2)cc1C. The van der Waals surface area contributed by atoms with Crippen molar-refractivity contribution >= 4 is 5.69 Å². The molecule has 0 aliphatic carbocycles. The van der Waals surface area contributed by atoms with Crippen molar-refractivity contribution in [3.8, 4) is 5.75 Å². The van der Waals surface area contributed by atoms with E-state index in [1.807, 2.05) is 0 Å². The third-order valence-electron chi connectivity index (χ3n) is 3.62. The summed E-state index contributed by atoms with van der Waals surface area (Å²) in [6, 6.07) is 13.2. The number of aryl methyl sites for hydroxylation is 3. The molecule has 0 spiro atoms. The van der Waals surface area contributed by atoms with Gasteiger partial charge in [-0.05, 0) is 56.5 Å². The van der Waals surface area contributed by atoms with Crippen LogP contribution in [0.4, 0.5) is 5.69 Å². The van der Waals surface area contributed by atoms with Crippen molar-refractivity contribution in [2.24, 2.45) is 0 Å². The third-order valence-corrected chi connectivity index (χ3v) is 3.62. The summed E-state index contributed by atoms with van der Waals surface area (Å²) in [6.07, 6.45) is 0. The van der Waals surface area contributed by atoms with Crippen molar-refractivity contribution in [3.05, 3.63) is 58.7 Å². The molecule has 2 heteroatoms. The van der Waals surface area contributed by atoms with Crippen LogP contribution in [0.1, 0.15) is 35.2 Å². The van der Waals surface area contributed by atoms with Crippen molar-refractivity contribution < 1.29 is 4.74 Å². The summed E-state index contributed by atoms with van der Waals surface area (Å²) < 4.78 is 5.41. The Morgan fingerprint density at radius 3 is 2.00 bits per heavy atom. The molecule has 2 aromatic rings. The van der Waals surface area contributed by atoms with Crippen molar-refractivity contribution in [3.63, 3.8) is 0 Å². The van der Waals surface area contributed by atoms with Crippen LogP contribution in [0.15, 0.2) is 36.4 Å². The minimum Gasteiger partial charge on any atom is -0.496 e. The number of benzene rings is 2. The Morgan fingerprint density at radius 1 is 0.950 bits per heavy atom. The van der Waals surface area contributed by atoms with Crippen molar-refractivity contribution in [1.82, 2.24) is 0 Å². The van der Waals surface area contributed by atoms with E-state index in [1.54, 1.807) is 7.11 Å². The lowest BCUT2D eigenvalue weighted by Gasteiger charge is -2.18. The van der Waals surface area contributed by atoms with Gasteiger partial charge in [-0.15, -0.1) is 0 Å². The normalized spacial score (nSPS) is 12.1. The molecule has 2 rings (SSSR count). The van der Waals surface area contributed by atoms with Crippen molar-refractivity contribution in [2.45, 2.75) is 33.7 Å². The monoisotopic (exact) mass is 269 g/mol. The van der Waals surface area contributed by atoms with Crippen LogP contribution in [-0.2, 0) is 0 Å². The van der Waals surface area contributed by atoms with Gasteiger partial charge < -0.3 is 10.1 Å². The van der Waals surface area contributed by atoms with Gasteiger partial charge in [0, 0.05) is 11.7 Å². The highest BCUT2D eigenvalue weighted by Gasteiger charge is 2.09. The molecule has 0 heterocycles. The smallest absolute Gasteiger partial charge is 0.124 e. The quantitative estimate of drug-likeness (QED) is 0.861. The molecule has 0 fully saturated rings. The summed E-state index contributed by atoms with van der Waals surface area (Å²) in [5, 5.41) is 3.56. The van der Waals surface area contributed by atoms with Crippen LogP contribution in [0.25, 0.3) is 0 Å². The Balaban J connectivity index is 2.19. The van der Waals surface area contributed by atoms with Crippen LogP contribution in [0, 0.1) is 20.8 Å². The largest absolute Gasteiger partial charge is 0.496 e. The van der Waals surface area contributed by atoms with Gasteiger partial charge in [0.1, 0.15) is 5.75 Å². The van der Waals surface area contributed by atoms with Gasteiger partial charge in [0.05, 0.1) is 7.11 Å². The number of hydrogen-bond acceptors (Lipinski definition) is 2. The zero-order valence-corrected chi connectivity index (χ0v) is 12.9. The zero-order chi connectivity index (χ0) is 14.7. The van der Waals surface area contributed by atoms with Crippen LogP contribution in [0.3, 0.4) is 0 Å². The second kappa shape index (κ2) is 6.00. The van der Waals surface area contributed by atoms with E-state index < -0.39 is 0 Å². The van der Waals surface area contributed by atoms with Crippen molar-refractivity contribution in [1.29, 1.82) is 0 Å². The maximum absolute atomic E-state index is 5.41. The summed E-state index contributed by atoms with van der Waals surface area (Å²) in [6.45, 7) is 8.44. The molecule has 1 N–H and O–H groups in total. The molecular weight excluding hydrogens is 246 g/mol. The summed E-state index contributed by atoms with van der Waals surface area (Å²) in [5.41, 5.74) is 6.03. The Hall–Kier alpha value is -1.96. The second-order valence-electron chi connectivity index (χ2n) is 5.42. The molecule has 20 heavy (non-hydrogen) atoms. The van der Waals surface area contributed by atoms with Gasteiger partial charge in [0.25, 0.3) is 0 Å². The number of anilines is 1. The van der Waals surface area contributed by atoms with Crippen molar-refractivity contribution in [2.75, 3.05) is 12.4 Å². The molecular formula is C18H23NO. The van der Waals surface area contributed by atoms with Gasteiger partial charge in [-0.25, -0.2) is 0 Å². The highest BCUT2D eigenvalue weighted by atomic mass is 16.5. The van der Waals surface area contributed by atoms with Gasteiger partial charge >= 0.3 is 0 Å². The Bertz CT molecular complexity index is 564. The van der Waals surface area contributed by atoms with Gasteiger partial charge in [-0.3, -0.25) is 0 Å². The minimum atomic E-state index is 0.280. The number of hydrogen-bond donors (Lipinski definition) is 1. The van der Waals surface area contributed by atoms with E-state index in [1.165, 1.54) is 11.1 Å². The van der Waals surface area contributed by atoms with Crippen LogP contribution in [-0.4, -0.2) is 7.11 Å². The lowest BCUT2D eigenvalue weighted by molar-refractivity contribution is 0.408. The first kappa shape index (κ1) is 14.4. The predicted octanol–water partition coefficient (Wildman–Crippen LogP) is 4.79. The molecule has 0 unspecified atom stereocenters. The molecule has 0 aliphatic rings. The molecule has 106 valence electrons. The fraction of sp³-hybridized carbons (Fsp3) is 0.333. The average molecular weight is 269 g/mol. The molecule has 0 radical (unpaired) electrons. The molecule has 0 saturated heterocycles. The van der Waals surface area contributed by atoms with Gasteiger partial charge in [-0.2, -0.15) is 0 Å². The van der Waals surface area contributed by atoms with Crippen LogP contribution in [0.5, 0.6) is 5.75 Å². The van der Waals surface area contributed by atoms with Gasteiger partial charge in [-0.1, -0.05) is 29.8 Å². The fourth-order valence-electron chi connectivity index (χ4n) is 2.54. The molecule has 0 aromatic heterocycles. The minimum absolute atomic E-state index is 0.280. The second-order valence-corrected chi connectivity index (χ2v) is 5.42. The summed E-state index contributed by atoms with van der Waals surface area (Å²) >= 11 is 0. The number of ether oxygens (including phenoxy) is 1. The standard InChI is InChI=1S/C18H23NO/c1-12-6-8-16(9-7-12)15(4)19-17-10-13(2)18(20-5)14(3)11-17/h6-11,15,19H,1-5H3/t15-/m0/s1. The highest BCUT2D eigenvalue weighted by molar-refractivity contribution is 5.56. The van der Waals surface area contributed by atoms with Crippen LogP contribution < -0.4 is 10.1 Å². The number of nitrogens with one attached hydrogen (secondary N) is 1. The molecule has 2 nitrogen and oxygen atoms in total. The number of methoxy groups -OCH3 is 1. The van der Waals surface area contributed by atoms with Gasteiger partial charge in [0.2, 0.25) is 0 Å². The van der Waals surface area contributed by atoms with Crippen LogP contribution >= 0.6 is 0 Å². The molecule has 1 atom stereocenters. The highest BCUT2D eigenvalue weighted by Crippen LogP contribution is 2.28. The van der Waals surface area contributed by atoms with E-state index in [-0.39, 0.29) is 6.04 Å². The Labute approximate surface area is 121 Å². The summed E-state index contributed by atoms with van der Waals surface area (Å²) in [5.74, 6) is 0.971. The first-order valence-corrected chi connectivity index (χ1v) is 6.99. The Kier molecular flexibility index (Phi) is 4.33. The lowest BCUT2D eigenvalue weighted by atomic mass is 10.0. The Morgan fingerprint density at radius 2 is 1.50 bits per heavy atom. The predicted molar refractivity (Wildman–Crippen MR) is 85.7 cm³/mol. The maximum Gasteiger partial charge on any atom is 0.124 e. The number of rotatable bonds is 4. The van der Waals surface area contributed by atoms with Gasteiger partial charge in [0.15, 0.2) is 0 Å². The van der Waals surface area contributed by atoms with E-state index in [9.17, 15) is 0 Å². The first-order valence-electron chi connectivity index (χ1n) is 6.99. The lowest BCUT2D eigenvalue weighted by Crippen LogP contribution is -2.07. The van der Waals surface area contributed by atoms with Crippen LogP contribution in [0.2, 0.25) is 0 Å². The van der Waals surface area contributed by atoms with E-state index in [4.69, 9.17) is 4.74 Å². The topological polar surface area (TPSA) is 21.3 Å². The molecule has 0 bridgehead atoms. The molecule has 0 amide bonds. The zero-order valence-electron chi connectivity index (χ0n) is 12.9. The maximum atomic E-state index is 5.41. The first-order chi connectivity index (χ1) is 9.51. The van der Waals surface area contributed by atoms with E-state index >= 15 is 0 Å². The van der Waals surface area contributed by atoms with E-state index in [0.29, 0.717) is 0 Å². The molecule has 2 aromatic carbocycles. The average Bonchev–Trinajstić information content (AvgIpc) is 2.39. The third kappa shape index (κ3) is 3.13.